The van der Waals surface area contributed by atoms with Crippen LogP contribution in [0.15, 0.2) is 0 Å². The third kappa shape index (κ3) is 3.56. The summed E-state index contributed by atoms with van der Waals surface area (Å²) in [7, 11) is 1.50. The highest BCUT2D eigenvalue weighted by atomic mass is 16.3. The summed E-state index contributed by atoms with van der Waals surface area (Å²) in [5, 5.41) is 15.7. The molecule has 0 bridgehead atoms. The zero-order valence-electron chi connectivity index (χ0n) is 9.94. The molecule has 17 heavy (non-hydrogen) atoms. The van der Waals surface area contributed by atoms with Crippen LogP contribution in [0.2, 0.25) is 0 Å². The maximum atomic E-state index is 11.7. The van der Waals surface area contributed by atoms with E-state index in [1.165, 1.54) is 11.7 Å². The fraction of sp³-hybridized carbons (Fsp3) is 0.500. The molecule has 2 amide bonds. The zero-order chi connectivity index (χ0) is 13.2. The maximum absolute atomic E-state index is 11.7. The Morgan fingerprint density at radius 3 is 2.59 bits per heavy atom. The van der Waals surface area contributed by atoms with Gasteiger partial charge in [0.15, 0.2) is 5.69 Å². The summed E-state index contributed by atoms with van der Waals surface area (Å²) in [4.78, 5) is 22.5. The van der Waals surface area contributed by atoms with Crippen molar-refractivity contribution in [1.82, 2.24) is 15.1 Å². The standard InChI is InChI=1S/C10H15N4O3/c1-10(2,17)5-12-9(16)7-4-6(8(11)15)13-14(7)3/h17H,5H2,1-3H3,(H2,11,15)(H,12,16). The molecule has 0 fully saturated rings. The number of aromatic nitrogens is 2. The van der Waals surface area contributed by atoms with Crippen LogP contribution in [0, 0.1) is 6.07 Å². The molecule has 4 N–H and O–H groups in total. The van der Waals surface area contributed by atoms with Crippen molar-refractivity contribution in [2.24, 2.45) is 12.8 Å². The highest BCUT2D eigenvalue weighted by Gasteiger charge is 2.19. The van der Waals surface area contributed by atoms with Crippen molar-refractivity contribution in [3.05, 3.63) is 17.5 Å². The number of nitrogens with zero attached hydrogens (tertiary/aromatic N) is 2. The molecule has 1 aromatic heterocycles. The van der Waals surface area contributed by atoms with Gasteiger partial charge >= 0.3 is 0 Å². The van der Waals surface area contributed by atoms with Gasteiger partial charge in [-0.25, -0.2) is 0 Å². The van der Waals surface area contributed by atoms with E-state index in [0.29, 0.717) is 0 Å². The minimum Gasteiger partial charge on any atom is -0.389 e. The molecule has 0 spiro atoms. The van der Waals surface area contributed by atoms with Crippen molar-refractivity contribution in [1.29, 1.82) is 0 Å². The molecular formula is C10H15N4O3. The van der Waals surface area contributed by atoms with Gasteiger partial charge in [0.2, 0.25) is 0 Å². The number of carbonyl (C=O) groups excluding carboxylic acids is 2. The molecule has 7 nitrogen and oxygen atoms in total. The van der Waals surface area contributed by atoms with Crippen LogP contribution in [-0.4, -0.2) is 38.8 Å². The van der Waals surface area contributed by atoms with Crippen LogP contribution in [0.25, 0.3) is 0 Å². The van der Waals surface area contributed by atoms with Gasteiger partial charge in [-0.05, 0) is 13.8 Å². The van der Waals surface area contributed by atoms with Gasteiger partial charge in [0.1, 0.15) is 5.69 Å². The van der Waals surface area contributed by atoms with Gasteiger partial charge in [0.05, 0.1) is 11.7 Å². The van der Waals surface area contributed by atoms with E-state index in [1.54, 1.807) is 13.8 Å². The number of nitrogens with one attached hydrogen (secondary N) is 1. The Labute approximate surface area is 98.6 Å². The van der Waals surface area contributed by atoms with Crippen LogP contribution in [0.1, 0.15) is 34.8 Å². The Balaban J connectivity index is 2.79. The predicted octanol–water partition coefficient (Wildman–Crippen LogP) is -1.18. The Morgan fingerprint density at radius 1 is 1.59 bits per heavy atom. The molecule has 0 saturated heterocycles. The number of nitrogens with two attached hydrogens (primary N) is 1. The molecule has 1 aromatic rings. The van der Waals surface area contributed by atoms with E-state index in [9.17, 15) is 14.7 Å². The van der Waals surface area contributed by atoms with E-state index in [0.717, 1.165) is 0 Å². The molecule has 1 heterocycles. The van der Waals surface area contributed by atoms with Crippen LogP contribution >= 0.6 is 0 Å². The second-order valence-electron chi connectivity index (χ2n) is 4.31. The molecule has 0 unspecified atom stereocenters. The lowest BCUT2D eigenvalue weighted by atomic mass is 10.1. The number of aliphatic hydroxyl groups is 1. The van der Waals surface area contributed by atoms with Gasteiger partial charge in [-0.1, -0.05) is 0 Å². The predicted molar refractivity (Wildman–Crippen MR) is 59.2 cm³/mol. The first-order chi connectivity index (χ1) is 7.70. The van der Waals surface area contributed by atoms with E-state index < -0.39 is 17.4 Å². The first kappa shape index (κ1) is 13.2. The Hall–Kier alpha value is -1.89. The number of primary amides is 1. The number of aryl methyl sites for hydroxylation is 1. The fourth-order valence-corrected chi connectivity index (χ4v) is 1.11. The third-order valence-electron chi connectivity index (χ3n) is 1.94. The molecule has 93 valence electrons. The number of rotatable bonds is 4. The smallest absolute Gasteiger partial charge is 0.270 e. The van der Waals surface area contributed by atoms with E-state index in [4.69, 9.17) is 5.73 Å². The van der Waals surface area contributed by atoms with Crippen LogP contribution in [-0.2, 0) is 7.05 Å². The lowest BCUT2D eigenvalue weighted by Crippen LogP contribution is -2.38. The molecule has 0 aliphatic heterocycles. The molecule has 0 aliphatic rings. The molecular weight excluding hydrogens is 224 g/mol. The summed E-state index contributed by atoms with van der Waals surface area (Å²) in [6, 6.07) is 2.50. The van der Waals surface area contributed by atoms with Crippen molar-refractivity contribution in [3.63, 3.8) is 0 Å². The van der Waals surface area contributed by atoms with Crippen LogP contribution in [0.4, 0.5) is 0 Å². The van der Waals surface area contributed by atoms with Crippen molar-refractivity contribution in [3.8, 4) is 0 Å². The highest BCUT2D eigenvalue weighted by molar-refractivity contribution is 5.96. The Kier molecular flexibility index (Phi) is 3.52. The maximum Gasteiger partial charge on any atom is 0.270 e. The molecule has 7 heteroatoms. The minimum absolute atomic E-state index is 0.0801. The van der Waals surface area contributed by atoms with Crippen LogP contribution in [0.3, 0.4) is 0 Å². The van der Waals surface area contributed by atoms with Gasteiger partial charge in [0.25, 0.3) is 11.8 Å². The van der Waals surface area contributed by atoms with Gasteiger partial charge in [-0.15, -0.1) is 0 Å². The minimum atomic E-state index is -1.01. The van der Waals surface area contributed by atoms with E-state index >= 15 is 0 Å². The average Bonchev–Trinajstić information content (AvgIpc) is 2.56. The monoisotopic (exact) mass is 239 g/mol. The normalized spacial score (nSPS) is 11.3. The summed E-state index contributed by atoms with van der Waals surface area (Å²) >= 11 is 0. The van der Waals surface area contributed by atoms with Crippen molar-refractivity contribution < 1.29 is 14.7 Å². The largest absolute Gasteiger partial charge is 0.389 e. The first-order valence-electron chi connectivity index (χ1n) is 4.97. The average molecular weight is 239 g/mol. The van der Waals surface area contributed by atoms with E-state index in [1.807, 2.05) is 0 Å². The zero-order valence-corrected chi connectivity index (χ0v) is 9.94. The van der Waals surface area contributed by atoms with Crippen molar-refractivity contribution in [2.45, 2.75) is 19.4 Å². The summed E-state index contributed by atoms with van der Waals surface area (Å²) in [5.41, 5.74) is 4.00. The number of hydrogen-bond acceptors (Lipinski definition) is 4. The summed E-state index contributed by atoms with van der Waals surface area (Å²) < 4.78 is 1.21. The highest BCUT2D eigenvalue weighted by Crippen LogP contribution is 2.03. The molecule has 0 aromatic carbocycles. The molecule has 0 saturated carbocycles. The summed E-state index contributed by atoms with van der Waals surface area (Å²) in [6.45, 7) is 3.21. The molecule has 0 aliphatic carbocycles. The van der Waals surface area contributed by atoms with Gasteiger partial charge in [-0.2, -0.15) is 5.10 Å². The lowest BCUT2D eigenvalue weighted by molar-refractivity contribution is 0.0689. The second-order valence-corrected chi connectivity index (χ2v) is 4.31. The quantitative estimate of drug-likeness (QED) is 0.614. The van der Waals surface area contributed by atoms with Crippen molar-refractivity contribution >= 4 is 11.8 Å². The second kappa shape index (κ2) is 4.54. The van der Waals surface area contributed by atoms with E-state index in [2.05, 4.69) is 16.5 Å². The molecule has 1 rings (SSSR count). The van der Waals surface area contributed by atoms with Gasteiger partial charge in [0, 0.05) is 13.6 Å². The van der Waals surface area contributed by atoms with Crippen LogP contribution in [0.5, 0.6) is 0 Å². The number of hydrogen-bond donors (Lipinski definition) is 3. The lowest BCUT2D eigenvalue weighted by Gasteiger charge is -2.17. The SMILES string of the molecule is Cn1nc(C(N)=O)[c]c1C(=O)NCC(C)(C)O. The Bertz CT molecular complexity index is 445. The number of carbonyl (C=O) groups is 2. The summed E-state index contributed by atoms with van der Waals surface area (Å²) in [6.07, 6.45) is 0. The van der Waals surface area contributed by atoms with Gasteiger partial charge < -0.3 is 16.2 Å². The fourth-order valence-electron chi connectivity index (χ4n) is 1.11. The molecule has 1 radical (unpaired) electrons. The topological polar surface area (TPSA) is 110 Å². The first-order valence-corrected chi connectivity index (χ1v) is 4.97. The summed E-state index contributed by atoms with van der Waals surface area (Å²) in [5.74, 6) is -1.23. The Morgan fingerprint density at radius 2 is 2.18 bits per heavy atom. The van der Waals surface area contributed by atoms with Gasteiger partial charge in [-0.3, -0.25) is 14.3 Å². The van der Waals surface area contributed by atoms with Crippen LogP contribution < -0.4 is 11.1 Å². The van der Waals surface area contributed by atoms with Crippen molar-refractivity contribution in [2.75, 3.05) is 6.54 Å². The van der Waals surface area contributed by atoms with E-state index in [-0.39, 0.29) is 17.9 Å². The number of amides is 2. The third-order valence-corrected chi connectivity index (χ3v) is 1.94. The molecule has 0 atom stereocenters.